The van der Waals surface area contributed by atoms with E-state index in [0.717, 1.165) is 27.9 Å². The van der Waals surface area contributed by atoms with Gasteiger partial charge in [-0.1, -0.05) is 18.2 Å². The predicted molar refractivity (Wildman–Crippen MR) is 81.6 cm³/mol. The number of hydrogen-bond donors (Lipinski definition) is 2. The van der Waals surface area contributed by atoms with Crippen molar-refractivity contribution in [3.8, 4) is 11.1 Å². The largest absolute Gasteiger partial charge is 0.472 e. The van der Waals surface area contributed by atoms with Crippen molar-refractivity contribution in [1.82, 2.24) is 4.98 Å². The first-order valence-electron chi connectivity index (χ1n) is 6.75. The number of aliphatic hydroxyl groups is 1. The van der Waals surface area contributed by atoms with E-state index >= 15 is 0 Å². The first-order chi connectivity index (χ1) is 10.3. The van der Waals surface area contributed by atoms with Gasteiger partial charge in [0.1, 0.15) is 0 Å². The van der Waals surface area contributed by atoms with Crippen LogP contribution in [0.3, 0.4) is 0 Å². The van der Waals surface area contributed by atoms with Crippen LogP contribution in [-0.4, -0.2) is 10.1 Å². The highest BCUT2D eigenvalue weighted by Gasteiger charge is 2.02. The first kappa shape index (κ1) is 13.4. The lowest BCUT2D eigenvalue weighted by atomic mass is 10.0. The van der Waals surface area contributed by atoms with E-state index in [1.165, 1.54) is 0 Å². The van der Waals surface area contributed by atoms with Gasteiger partial charge in [0.05, 0.1) is 24.8 Å². The molecule has 0 aliphatic carbocycles. The summed E-state index contributed by atoms with van der Waals surface area (Å²) in [5, 5.41) is 12.5. The molecule has 3 rings (SSSR count). The van der Waals surface area contributed by atoms with E-state index in [9.17, 15) is 5.11 Å². The summed E-state index contributed by atoms with van der Waals surface area (Å²) in [6, 6.07) is 11.8. The number of aromatic nitrogens is 1. The second kappa shape index (κ2) is 6.24. The Morgan fingerprint density at radius 1 is 1.05 bits per heavy atom. The zero-order valence-electron chi connectivity index (χ0n) is 11.5. The standard InChI is InChI=1S/C17H16N2O2/c20-11-13-2-1-3-15(6-13)16-7-17(10-18-9-16)19-8-14-4-5-21-12-14/h1-7,9-10,12,19-20H,8,11H2. The molecule has 0 saturated carbocycles. The van der Waals surface area contributed by atoms with E-state index in [-0.39, 0.29) is 6.61 Å². The Morgan fingerprint density at radius 2 is 2.00 bits per heavy atom. The Morgan fingerprint density at radius 3 is 2.81 bits per heavy atom. The van der Waals surface area contributed by atoms with Gasteiger partial charge in [0.25, 0.3) is 0 Å². The Bertz CT molecular complexity index is 708. The van der Waals surface area contributed by atoms with E-state index in [1.54, 1.807) is 18.7 Å². The quantitative estimate of drug-likeness (QED) is 0.751. The third-order valence-corrected chi connectivity index (χ3v) is 3.26. The Hall–Kier alpha value is -2.59. The van der Waals surface area contributed by atoms with Gasteiger partial charge >= 0.3 is 0 Å². The van der Waals surface area contributed by atoms with Crippen LogP contribution in [0.25, 0.3) is 11.1 Å². The van der Waals surface area contributed by atoms with Crippen molar-refractivity contribution < 1.29 is 9.52 Å². The summed E-state index contributed by atoms with van der Waals surface area (Å²) >= 11 is 0. The maximum absolute atomic E-state index is 9.22. The second-order valence-electron chi connectivity index (χ2n) is 4.81. The number of furan rings is 1. The minimum atomic E-state index is 0.0414. The topological polar surface area (TPSA) is 58.3 Å². The van der Waals surface area contributed by atoms with E-state index in [0.29, 0.717) is 6.54 Å². The average molecular weight is 280 g/mol. The molecule has 106 valence electrons. The van der Waals surface area contributed by atoms with Crippen LogP contribution in [-0.2, 0) is 13.2 Å². The first-order valence-corrected chi connectivity index (χ1v) is 6.75. The summed E-state index contributed by atoms with van der Waals surface area (Å²) in [4.78, 5) is 4.27. The molecule has 0 aliphatic rings. The van der Waals surface area contributed by atoms with Gasteiger partial charge in [0, 0.05) is 30.1 Å². The number of nitrogens with one attached hydrogen (secondary N) is 1. The fourth-order valence-corrected chi connectivity index (χ4v) is 2.14. The Balaban J connectivity index is 1.79. The summed E-state index contributed by atoms with van der Waals surface area (Å²) in [7, 11) is 0. The summed E-state index contributed by atoms with van der Waals surface area (Å²) in [5.41, 5.74) is 4.98. The van der Waals surface area contributed by atoms with Crippen molar-refractivity contribution in [2.75, 3.05) is 5.32 Å². The van der Waals surface area contributed by atoms with Crippen LogP contribution >= 0.6 is 0 Å². The van der Waals surface area contributed by atoms with Crippen molar-refractivity contribution in [3.63, 3.8) is 0 Å². The zero-order valence-corrected chi connectivity index (χ0v) is 11.5. The summed E-state index contributed by atoms with van der Waals surface area (Å²) in [6.07, 6.45) is 6.99. The Labute approximate surface area is 123 Å². The van der Waals surface area contributed by atoms with Crippen molar-refractivity contribution in [1.29, 1.82) is 0 Å². The molecule has 0 fully saturated rings. The molecule has 3 aromatic rings. The molecule has 21 heavy (non-hydrogen) atoms. The molecule has 0 unspecified atom stereocenters. The second-order valence-corrected chi connectivity index (χ2v) is 4.81. The monoisotopic (exact) mass is 280 g/mol. The highest BCUT2D eigenvalue weighted by molar-refractivity contribution is 5.67. The van der Waals surface area contributed by atoms with Gasteiger partial charge in [-0.15, -0.1) is 0 Å². The van der Waals surface area contributed by atoms with Crippen molar-refractivity contribution in [2.45, 2.75) is 13.2 Å². The van der Waals surface area contributed by atoms with Crippen LogP contribution in [0.15, 0.2) is 65.7 Å². The predicted octanol–water partition coefficient (Wildman–Crippen LogP) is 3.45. The normalized spacial score (nSPS) is 10.5. The van der Waals surface area contributed by atoms with E-state index in [2.05, 4.69) is 10.3 Å². The molecule has 0 atom stereocenters. The molecule has 4 heteroatoms. The third-order valence-electron chi connectivity index (χ3n) is 3.26. The van der Waals surface area contributed by atoms with Crippen molar-refractivity contribution >= 4 is 5.69 Å². The highest BCUT2D eigenvalue weighted by Crippen LogP contribution is 2.22. The van der Waals surface area contributed by atoms with Crippen LogP contribution in [0, 0.1) is 0 Å². The fraction of sp³-hybridized carbons (Fsp3) is 0.118. The van der Waals surface area contributed by atoms with Gasteiger partial charge in [0.2, 0.25) is 0 Å². The van der Waals surface area contributed by atoms with Crippen LogP contribution in [0.4, 0.5) is 5.69 Å². The van der Waals surface area contributed by atoms with Crippen LogP contribution in [0.2, 0.25) is 0 Å². The smallest absolute Gasteiger partial charge is 0.0952 e. The zero-order chi connectivity index (χ0) is 14.5. The molecule has 0 amide bonds. The lowest BCUT2D eigenvalue weighted by Gasteiger charge is -2.08. The van der Waals surface area contributed by atoms with Crippen LogP contribution < -0.4 is 5.32 Å². The fourth-order valence-electron chi connectivity index (χ4n) is 2.14. The van der Waals surface area contributed by atoms with Crippen molar-refractivity contribution in [2.24, 2.45) is 0 Å². The summed E-state index contributed by atoms with van der Waals surface area (Å²) in [5.74, 6) is 0. The van der Waals surface area contributed by atoms with E-state index < -0.39 is 0 Å². The van der Waals surface area contributed by atoms with Gasteiger partial charge in [-0.2, -0.15) is 0 Å². The molecule has 2 N–H and O–H groups in total. The van der Waals surface area contributed by atoms with Gasteiger partial charge in [-0.3, -0.25) is 4.98 Å². The van der Waals surface area contributed by atoms with Crippen LogP contribution in [0.1, 0.15) is 11.1 Å². The minimum Gasteiger partial charge on any atom is -0.472 e. The highest BCUT2D eigenvalue weighted by atomic mass is 16.3. The molecule has 4 nitrogen and oxygen atoms in total. The maximum Gasteiger partial charge on any atom is 0.0952 e. The van der Waals surface area contributed by atoms with E-state index in [1.807, 2.05) is 42.6 Å². The summed E-state index contributed by atoms with van der Waals surface area (Å²) in [6.45, 7) is 0.734. The minimum absolute atomic E-state index is 0.0414. The maximum atomic E-state index is 9.22. The SMILES string of the molecule is OCc1cccc(-c2cncc(NCc3ccoc3)c2)c1. The molecule has 0 aliphatic heterocycles. The number of anilines is 1. The average Bonchev–Trinajstić information content (AvgIpc) is 3.07. The number of benzene rings is 1. The molecule has 2 heterocycles. The molecule has 2 aromatic heterocycles. The number of hydrogen-bond acceptors (Lipinski definition) is 4. The molecule has 0 saturated heterocycles. The van der Waals surface area contributed by atoms with Gasteiger partial charge < -0.3 is 14.8 Å². The number of nitrogens with zero attached hydrogens (tertiary/aromatic N) is 1. The number of aliphatic hydroxyl groups excluding tert-OH is 1. The Kier molecular flexibility index (Phi) is 3.98. The molecule has 0 spiro atoms. The third kappa shape index (κ3) is 3.30. The number of pyridine rings is 1. The van der Waals surface area contributed by atoms with Gasteiger partial charge in [-0.25, -0.2) is 0 Å². The lowest BCUT2D eigenvalue weighted by Crippen LogP contribution is -1.98. The molecular formula is C17H16N2O2. The molecule has 1 aromatic carbocycles. The number of rotatable bonds is 5. The summed E-state index contributed by atoms with van der Waals surface area (Å²) < 4.78 is 5.04. The molecule has 0 radical (unpaired) electrons. The van der Waals surface area contributed by atoms with Crippen LogP contribution in [0.5, 0.6) is 0 Å². The van der Waals surface area contributed by atoms with Gasteiger partial charge in [0.15, 0.2) is 0 Å². The van der Waals surface area contributed by atoms with Crippen molar-refractivity contribution in [3.05, 3.63) is 72.4 Å². The van der Waals surface area contributed by atoms with E-state index in [4.69, 9.17) is 4.42 Å². The van der Waals surface area contributed by atoms with Gasteiger partial charge in [-0.05, 0) is 29.3 Å². The molecule has 0 bridgehead atoms. The molecular weight excluding hydrogens is 264 g/mol. The lowest BCUT2D eigenvalue weighted by molar-refractivity contribution is 0.282.